The molecule has 0 aliphatic carbocycles. The van der Waals surface area contributed by atoms with Gasteiger partial charge in [-0.05, 0) is 60.2 Å². The van der Waals surface area contributed by atoms with Crippen molar-refractivity contribution in [1.82, 2.24) is 9.97 Å². The number of thioether (sulfide) groups is 1. The van der Waals surface area contributed by atoms with E-state index >= 15 is 0 Å². The maximum absolute atomic E-state index is 13.3. The van der Waals surface area contributed by atoms with Crippen LogP contribution < -0.4 is 10.2 Å². The number of carbonyl (C=O) groups excluding carboxylic acids is 2. The van der Waals surface area contributed by atoms with Crippen molar-refractivity contribution in [1.29, 1.82) is 0 Å². The molecule has 0 saturated heterocycles. The van der Waals surface area contributed by atoms with E-state index in [1.54, 1.807) is 79.1 Å². The topological polar surface area (TPSA) is 125 Å². The number of aliphatic imine (C=N–C) groups is 1. The van der Waals surface area contributed by atoms with Crippen molar-refractivity contribution < 1.29 is 19.5 Å². The van der Waals surface area contributed by atoms with Crippen LogP contribution in [0.2, 0.25) is 0 Å². The lowest BCUT2D eigenvalue weighted by atomic mass is 10.0. The van der Waals surface area contributed by atoms with E-state index in [1.807, 2.05) is 36.4 Å². The van der Waals surface area contributed by atoms with Gasteiger partial charge in [0.1, 0.15) is 5.70 Å². The second kappa shape index (κ2) is 12.1. The number of hydrogen-bond donors (Lipinski definition) is 2. The standard InChI is InChI=1S/C33H23N5O4S/c39-30(35-23-12-10-22(11-13-23)28-19-26(32(41)42)25-8-4-5-9-27(25)36-28)20-43-33-37-29(18-21-14-16-34-17-15-21)31(40)38(33)24-6-2-1-3-7-24/h1-19H,20H2,(H,35,39)(H,41,42)/b29-18-. The van der Waals surface area contributed by atoms with E-state index in [9.17, 15) is 19.5 Å². The number of rotatable bonds is 7. The highest BCUT2D eigenvalue weighted by Gasteiger charge is 2.32. The number of carbonyl (C=O) groups is 3. The smallest absolute Gasteiger partial charge is 0.336 e. The van der Waals surface area contributed by atoms with Crippen LogP contribution in [0.15, 0.2) is 120 Å². The van der Waals surface area contributed by atoms with Gasteiger partial charge in [0.05, 0.1) is 28.2 Å². The molecule has 3 heterocycles. The second-order valence-electron chi connectivity index (χ2n) is 9.47. The average molecular weight is 586 g/mol. The highest BCUT2D eigenvalue weighted by molar-refractivity contribution is 8.14. The number of fused-ring (bicyclic) bond motifs is 1. The van der Waals surface area contributed by atoms with Gasteiger partial charge < -0.3 is 10.4 Å². The molecule has 2 N–H and O–H groups in total. The van der Waals surface area contributed by atoms with Gasteiger partial charge in [-0.3, -0.25) is 19.5 Å². The van der Waals surface area contributed by atoms with Crippen LogP contribution in [-0.4, -0.2) is 43.8 Å². The van der Waals surface area contributed by atoms with Crippen LogP contribution in [0.4, 0.5) is 11.4 Å². The molecule has 9 nitrogen and oxygen atoms in total. The monoisotopic (exact) mass is 585 g/mol. The van der Waals surface area contributed by atoms with Crippen LogP contribution in [-0.2, 0) is 9.59 Å². The van der Waals surface area contributed by atoms with Gasteiger partial charge in [-0.25, -0.2) is 14.8 Å². The molecule has 43 heavy (non-hydrogen) atoms. The molecule has 6 rings (SSSR count). The fourth-order valence-corrected chi connectivity index (χ4v) is 5.38. The summed E-state index contributed by atoms with van der Waals surface area (Å²) in [4.78, 5) is 52.7. The number of nitrogens with one attached hydrogen (secondary N) is 1. The Balaban J connectivity index is 1.17. The number of nitrogens with zero attached hydrogens (tertiary/aromatic N) is 4. The van der Waals surface area contributed by atoms with Crippen LogP contribution in [0.5, 0.6) is 0 Å². The Labute approximate surface area is 250 Å². The number of carboxylic acid groups (broad SMARTS) is 1. The Morgan fingerprint density at radius 3 is 2.37 bits per heavy atom. The number of para-hydroxylation sites is 2. The molecule has 210 valence electrons. The summed E-state index contributed by atoms with van der Waals surface area (Å²) in [6.45, 7) is 0. The molecule has 2 aromatic heterocycles. The summed E-state index contributed by atoms with van der Waals surface area (Å²) in [5.74, 6) is -1.56. The van der Waals surface area contributed by atoms with E-state index in [4.69, 9.17) is 0 Å². The van der Waals surface area contributed by atoms with Gasteiger partial charge in [0, 0.05) is 29.0 Å². The molecule has 3 aromatic carbocycles. The van der Waals surface area contributed by atoms with Crippen molar-refractivity contribution in [2.24, 2.45) is 4.99 Å². The second-order valence-corrected chi connectivity index (χ2v) is 10.4. The Morgan fingerprint density at radius 1 is 0.907 bits per heavy atom. The summed E-state index contributed by atoms with van der Waals surface area (Å²) in [6.07, 6.45) is 4.98. The lowest BCUT2D eigenvalue weighted by Crippen LogP contribution is -2.31. The minimum atomic E-state index is -1.03. The number of amidine groups is 1. The van der Waals surface area contributed by atoms with E-state index in [-0.39, 0.29) is 28.8 Å². The van der Waals surface area contributed by atoms with Crippen molar-refractivity contribution in [3.05, 3.63) is 126 Å². The van der Waals surface area contributed by atoms with Crippen LogP contribution in [0, 0.1) is 0 Å². The zero-order valence-corrected chi connectivity index (χ0v) is 23.4. The molecule has 0 spiro atoms. The first kappa shape index (κ1) is 27.6. The predicted molar refractivity (Wildman–Crippen MR) is 169 cm³/mol. The molecule has 0 saturated carbocycles. The van der Waals surface area contributed by atoms with Gasteiger partial charge in [0.2, 0.25) is 5.91 Å². The SMILES string of the molecule is O=C(CSC1=N/C(=C\c2ccncc2)C(=O)N1c1ccccc1)Nc1ccc(-c2cc(C(=O)O)c3ccccc3n2)cc1. The number of anilines is 2. The van der Waals surface area contributed by atoms with Crippen molar-refractivity contribution >= 4 is 63.1 Å². The van der Waals surface area contributed by atoms with Gasteiger partial charge in [-0.1, -0.05) is 60.3 Å². The quantitative estimate of drug-likeness (QED) is 0.221. The Morgan fingerprint density at radius 2 is 1.63 bits per heavy atom. The lowest BCUT2D eigenvalue weighted by Gasteiger charge is -2.17. The van der Waals surface area contributed by atoms with Crippen molar-refractivity contribution in [3.63, 3.8) is 0 Å². The third kappa shape index (κ3) is 6.04. The predicted octanol–water partition coefficient (Wildman–Crippen LogP) is 6.11. The third-order valence-corrected chi connectivity index (χ3v) is 7.54. The van der Waals surface area contributed by atoms with Crippen LogP contribution in [0.25, 0.3) is 28.2 Å². The van der Waals surface area contributed by atoms with E-state index in [0.29, 0.717) is 38.7 Å². The third-order valence-electron chi connectivity index (χ3n) is 6.60. The van der Waals surface area contributed by atoms with Gasteiger partial charge in [0.15, 0.2) is 5.17 Å². The van der Waals surface area contributed by atoms with E-state index < -0.39 is 5.97 Å². The molecule has 0 radical (unpaired) electrons. The fourth-order valence-electron chi connectivity index (χ4n) is 4.57. The number of carboxylic acids is 1. The number of aromatic nitrogens is 2. The molecular formula is C33H23N5O4S. The van der Waals surface area contributed by atoms with E-state index in [2.05, 4.69) is 20.3 Å². The first-order chi connectivity index (χ1) is 21.0. The molecule has 10 heteroatoms. The summed E-state index contributed by atoms with van der Waals surface area (Å²) in [6, 6.07) is 28.4. The molecule has 1 aliphatic rings. The summed E-state index contributed by atoms with van der Waals surface area (Å²) >= 11 is 1.16. The molecule has 2 amide bonds. The normalized spacial score (nSPS) is 13.8. The zero-order chi connectivity index (χ0) is 29.8. The molecule has 5 aromatic rings. The highest BCUT2D eigenvalue weighted by atomic mass is 32.2. The number of amides is 2. The molecule has 0 atom stereocenters. The lowest BCUT2D eigenvalue weighted by molar-refractivity contribution is -0.114. The minimum Gasteiger partial charge on any atom is -0.478 e. The molecule has 1 aliphatic heterocycles. The number of hydrogen-bond acceptors (Lipinski definition) is 7. The number of benzene rings is 3. The summed E-state index contributed by atoms with van der Waals surface area (Å²) in [7, 11) is 0. The van der Waals surface area contributed by atoms with Gasteiger partial charge >= 0.3 is 5.97 Å². The number of aromatic carboxylic acids is 1. The minimum absolute atomic E-state index is 0.0218. The Bertz CT molecular complexity index is 1910. The summed E-state index contributed by atoms with van der Waals surface area (Å²) in [5.41, 5.74) is 4.27. The van der Waals surface area contributed by atoms with Crippen LogP contribution in [0.1, 0.15) is 15.9 Å². The number of pyridine rings is 2. The van der Waals surface area contributed by atoms with E-state index in [1.165, 1.54) is 4.90 Å². The van der Waals surface area contributed by atoms with Gasteiger partial charge in [-0.15, -0.1) is 0 Å². The van der Waals surface area contributed by atoms with Crippen molar-refractivity contribution in [2.75, 3.05) is 16.0 Å². The maximum Gasteiger partial charge on any atom is 0.336 e. The van der Waals surface area contributed by atoms with Crippen molar-refractivity contribution in [3.8, 4) is 11.3 Å². The largest absolute Gasteiger partial charge is 0.478 e. The molecular weight excluding hydrogens is 562 g/mol. The van der Waals surface area contributed by atoms with Gasteiger partial charge in [0.25, 0.3) is 5.91 Å². The van der Waals surface area contributed by atoms with Crippen molar-refractivity contribution in [2.45, 2.75) is 0 Å². The first-order valence-corrected chi connectivity index (χ1v) is 14.2. The Kier molecular flexibility index (Phi) is 7.75. The zero-order valence-electron chi connectivity index (χ0n) is 22.5. The van der Waals surface area contributed by atoms with Gasteiger partial charge in [-0.2, -0.15) is 0 Å². The summed E-state index contributed by atoms with van der Waals surface area (Å²) < 4.78 is 0. The summed E-state index contributed by atoms with van der Waals surface area (Å²) in [5, 5.41) is 13.5. The Hall–Kier alpha value is -5.61. The van der Waals surface area contributed by atoms with E-state index in [0.717, 1.165) is 17.3 Å². The maximum atomic E-state index is 13.3. The molecule has 0 fully saturated rings. The van der Waals surface area contributed by atoms with Crippen LogP contribution in [0.3, 0.4) is 0 Å². The molecule has 0 bridgehead atoms. The highest BCUT2D eigenvalue weighted by Crippen LogP contribution is 2.30. The molecule has 0 unspecified atom stereocenters. The first-order valence-electron chi connectivity index (χ1n) is 13.2. The fraction of sp³-hybridized carbons (Fsp3) is 0.0303. The van der Waals surface area contributed by atoms with Crippen LogP contribution >= 0.6 is 11.8 Å². The average Bonchev–Trinajstić information content (AvgIpc) is 3.34.